The van der Waals surface area contributed by atoms with Crippen LogP contribution in [-0.2, 0) is 13.0 Å². The third-order valence-electron chi connectivity index (χ3n) is 2.74. The van der Waals surface area contributed by atoms with Gasteiger partial charge in [0.2, 0.25) is 0 Å². The summed E-state index contributed by atoms with van der Waals surface area (Å²) in [6.07, 6.45) is 0.874. The number of ether oxygens (including phenoxy) is 1. The van der Waals surface area contributed by atoms with Crippen molar-refractivity contribution in [1.29, 1.82) is 0 Å². The minimum atomic E-state index is 0.0429. The molecule has 0 saturated heterocycles. The predicted octanol–water partition coefficient (Wildman–Crippen LogP) is 4.19. The molecule has 0 atom stereocenters. The number of aliphatic hydroxyl groups is 1. The zero-order valence-electron chi connectivity index (χ0n) is 10.2. The number of hydrogen-bond acceptors (Lipinski definition) is 2. The summed E-state index contributed by atoms with van der Waals surface area (Å²) in [4.78, 5) is 0. The van der Waals surface area contributed by atoms with Gasteiger partial charge in [0.05, 0.1) is 6.61 Å². The fourth-order valence-corrected chi connectivity index (χ4v) is 1.94. The van der Waals surface area contributed by atoms with Crippen molar-refractivity contribution in [3.63, 3.8) is 0 Å². The van der Waals surface area contributed by atoms with Gasteiger partial charge < -0.3 is 9.84 Å². The first kappa shape index (κ1) is 12.9. The molecule has 0 aromatic heterocycles. The average molecular weight is 263 g/mol. The van der Waals surface area contributed by atoms with Gasteiger partial charge >= 0.3 is 0 Å². The summed E-state index contributed by atoms with van der Waals surface area (Å²) in [5.74, 6) is 1.52. The number of aryl methyl sites for hydroxylation is 1. The molecular weight excluding hydrogens is 248 g/mol. The Morgan fingerprint density at radius 2 is 1.72 bits per heavy atom. The highest BCUT2D eigenvalue weighted by molar-refractivity contribution is 6.31. The van der Waals surface area contributed by atoms with Gasteiger partial charge in [-0.1, -0.05) is 30.7 Å². The van der Waals surface area contributed by atoms with Crippen LogP contribution in [-0.4, -0.2) is 5.11 Å². The van der Waals surface area contributed by atoms with E-state index in [1.54, 1.807) is 0 Å². The Kier molecular flexibility index (Phi) is 4.24. The topological polar surface area (TPSA) is 29.5 Å². The molecule has 0 fully saturated rings. The highest BCUT2D eigenvalue weighted by atomic mass is 35.5. The third-order valence-corrected chi connectivity index (χ3v) is 3.11. The van der Waals surface area contributed by atoms with Crippen LogP contribution < -0.4 is 4.74 Å². The van der Waals surface area contributed by atoms with Gasteiger partial charge in [-0.15, -0.1) is 0 Å². The van der Waals surface area contributed by atoms with Crippen molar-refractivity contribution in [1.82, 2.24) is 0 Å². The lowest BCUT2D eigenvalue weighted by molar-refractivity contribution is 0.281. The quantitative estimate of drug-likeness (QED) is 0.895. The molecule has 0 heterocycles. The van der Waals surface area contributed by atoms with E-state index in [0.717, 1.165) is 34.1 Å². The van der Waals surface area contributed by atoms with Crippen molar-refractivity contribution in [3.05, 3.63) is 58.6 Å². The van der Waals surface area contributed by atoms with Crippen LogP contribution in [0.5, 0.6) is 11.5 Å². The van der Waals surface area contributed by atoms with E-state index in [0.29, 0.717) is 0 Å². The summed E-state index contributed by atoms with van der Waals surface area (Å²) in [5.41, 5.74) is 1.94. The Balaban J connectivity index is 2.17. The van der Waals surface area contributed by atoms with Crippen LogP contribution in [0, 0.1) is 0 Å². The van der Waals surface area contributed by atoms with Crippen molar-refractivity contribution in [2.24, 2.45) is 0 Å². The molecule has 94 valence electrons. The molecule has 2 rings (SSSR count). The Labute approximate surface area is 112 Å². The molecule has 0 bridgehead atoms. The maximum Gasteiger partial charge on any atom is 0.127 e. The van der Waals surface area contributed by atoms with E-state index in [1.807, 2.05) is 42.5 Å². The number of benzene rings is 2. The highest BCUT2D eigenvalue weighted by Crippen LogP contribution is 2.26. The van der Waals surface area contributed by atoms with Gasteiger partial charge in [-0.3, -0.25) is 0 Å². The zero-order chi connectivity index (χ0) is 13.0. The second-order valence-electron chi connectivity index (χ2n) is 4.01. The van der Waals surface area contributed by atoms with Gasteiger partial charge in [0.15, 0.2) is 0 Å². The van der Waals surface area contributed by atoms with E-state index in [9.17, 15) is 0 Å². The minimum Gasteiger partial charge on any atom is -0.457 e. The molecule has 0 saturated carbocycles. The fourth-order valence-electron chi connectivity index (χ4n) is 1.68. The minimum absolute atomic E-state index is 0.0429. The van der Waals surface area contributed by atoms with Crippen molar-refractivity contribution in [2.45, 2.75) is 20.0 Å². The Hall–Kier alpha value is -1.51. The number of hydrogen-bond donors (Lipinski definition) is 1. The van der Waals surface area contributed by atoms with Crippen LogP contribution in [0.1, 0.15) is 18.1 Å². The van der Waals surface area contributed by atoms with Crippen LogP contribution in [0.4, 0.5) is 0 Å². The Bertz CT molecular complexity index is 521. The predicted molar refractivity (Wildman–Crippen MR) is 73.3 cm³/mol. The third kappa shape index (κ3) is 3.03. The SMILES string of the molecule is CCc1cc(Oc2ccc(CO)cc2)ccc1Cl. The van der Waals surface area contributed by atoms with Gasteiger partial charge in [0, 0.05) is 5.02 Å². The van der Waals surface area contributed by atoms with Gasteiger partial charge in [0.1, 0.15) is 11.5 Å². The molecule has 18 heavy (non-hydrogen) atoms. The van der Waals surface area contributed by atoms with Crippen LogP contribution >= 0.6 is 11.6 Å². The summed E-state index contributed by atoms with van der Waals surface area (Å²) in [5, 5.41) is 9.73. The van der Waals surface area contributed by atoms with Crippen LogP contribution in [0.25, 0.3) is 0 Å². The number of rotatable bonds is 4. The van der Waals surface area contributed by atoms with Crippen LogP contribution in [0.15, 0.2) is 42.5 Å². The monoisotopic (exact) mass is 262 g/mol. The van der Waals surface area contributed by atoms with Gasteiger partial charge in [-0.05, 0) is 47.9 Å². The molecule has 0 radical (unpaired) electrons. The first-order valence-electron chi connectivity index (χ1n) is 5.89. The maximum atomic E-state index is 8.96. The largest absolute Gasteiger partial charge is 0.457 e. The van der Waals surface area contributed by atoms with Crippen molar-refractivity contribution >= 4 is 11.6 Å². The fraction of sp³-hybridized carbons (Fsp3) is 0.200. The molecule has 0 aliphatic heterocycles. The number of aliphatic hydroxyl groups excluding tert-OH is 1. The van der Waals surface area contributed by atoms with E-state index in [1.165, 1.54) is 0 Å². The summed E-state index contributed by atoms with van der Waals surface area (Å²) >= 11 is 6.06. The second kappa shape index (κ2) is 5.89. The maximum absolute atomic E-state index is 8.96. The van der Waals surface area contributed by atoms with Gasteiger partial charge in [-0.2, -0.15) is 0 Å². The molecule has 0 aliphatic carbocycles. The molecule has 1 N–H and O–H groups in total. The van der Waals surface area contributed by atoms with Gasteiger partial charge in [0.25, 0.3) is 0 Å². The lowest BCUT2D eigenvalue weighted by Crippen LogP contribution is -1.88. The molecule has 0 unspecified atom stereocenters. The van der Waals surface area contributed by atoms with Crippen molar-refractivity contribution < 1.29 is 9.84 Å². The van der Waals surface area contributed by atoms with Crippen LogP contribution in [0.2, 0.25) is 5.02 Å². The molecule has 2 aromatic rings. The van der Waals surface area contributed by atoms with E-state index < -0.39 is 0 Å². The molecular formula is C15H15ClO2. The van der Waals surface area contributed by atoms with E-state index in [4.69, 9.17) is 21.4 Å². The molecule has 3 heteroatoms. The lowest BCUT2D eigenvalue weighted by atomic mass is 10.1. The molecule has 0 amide bonds. The normalized spacial score (nSPS) is 10.4. The first-order valence-corrected chi connectivity index (χ1v) is 6.27. The first-order chi connectivity index (χ1) is 8.72. The standard InChI is InChI=1S/C15H15ClO2/c1-2-12-9-14(7-8-15(12)16)18-13-5-3-11(10-17)4-6-13/h3-9,17H,2,10H2,1H3. The van der Waals surface area contributed by atoms with Crippen molar-refractivity contribution in [3.8, 4) is 11.5 Å². The van der Waals surface area contributed by atoms with E-state index in [2.05, 4.69) is 6.92 Å². The van der Waals surface area contributed by atoms with E-state index >= 15 is 0 Å². The summed E-state index contributed by atoms with van der Waals surface area (Å²) < 4.78 is 5.74. The summed E-state index contributed by atoms with van der Waals surface area (Å²) in [7, 11) is 0. The Morgan fingerprint density at radius 1 is 1.06 bits per heavy atom. The molecule has 0 spiro atoms. The highest BCUT2D eigenvalue weighted by Gasteiger charge is 2.02. The summed E-state index contributed by atoms with van der Waals surface area (Å²) in [6, 6.07) is 13.0. The molecule has 0 aliphatic rings. The smallest absolute Gasteiger partial charge is 0.127 e. The number of halogens is 1. The van der Waals surface area contributed by atoms with Gasteiger partial charge in [-0.25, -0.2) is 0 Å². The van der Waals surface area contributed by atoms with Crippen LogP contribution in [0.3, 0.4) is 0 Å². The lowest BCUT2D eigenvalue weighted by Gasteiger charge is -2.08. The van der Waals surface area contributed by atoms with E-state index in [-0.39, 0.29) is 6.61 Å². The van der Waals surface area contributed by atoms with Crippen molar-refractivity contribution in [2.75, 3.05) is 0 Å². The Morgan fingerprint density at radius 3 is 2.33 bits per heavy atom. The average Bonchev–Trinajstić information content (AvgIpc) is 2.42. The molecule has 2 aromatic carbocycles. The molecule has 2 nitrogen and oxygen atoms in total. The summed E-state index contributed by atoms with van der Waals surface area (Å²) in [6.45, 7) is 2.10. The zero-order valence-corrected chi connectivity index (χ0v) is 10.9. The second-order valence-corrected chi connectivity index (χ2v) is 4.42.